The van der Waals surface area contributed by atoms with Gasteiger partial charge in [-0.1, -0.05) is 13.0 Å². The zero-order valence-corrected chi connectivity index (χ0v) is 17.3. The van der Waals surface area contributed by atoms with Crippen LogP contribution in [0.15, 0.2) is 23.1 Å². The van der Waals surface area contributed by atoms with E-state index in [1.54, 1.807) is 31.2 Å². The van der Waals surface area contributed by atoms with E-state index in [4.69, 9.17) is 14.2 Å². The van der Waals surface area contributed by atoms with Gasteiger partial charge in [0.05, 0.1) is 24.2 Å². The van der Waals surface area contributed by atoms with Crippen LogP contribution >= 0.6 is 11.8 Å². The molecule has 0 N–H and O–H groups in total. The number of esters is 1. The number of rotatable bonds is 9. The maximum Gasteiger partial charge on any atom is 0.326 e. The Morgan fingerprint density at radius 3 is 2.46 bits per heavy atom. The summed E-state index contributed by atoms with van der Waals surface area (Å²) >= 11 is 0.796. The Kier molecular flexibility index (Phi) is 7.92. The van der Waals surface area contributed by atoms with E-state index in [1.807, 2.05) is 20.8 Å². The van der Waals surface area contributed by atoms with E-state index in [9.17, 15) is 14.4 Å². The molecule has 0 aliphatic carbocycles. The van der Waals surface area contributed by atoms with Gasteiger partial charge >= 0.3 is 5.97 Å². The summed E-state index contributed by atoms with van der Waals surface area (Å²) in [6, 6.07) is 5.28. The van der Waals surface area contributed by atoms with Gasteiger partial charge < -0.3 is 14.2 Å². The van der Waals surface area contributed by atoms with Crippen molar-refractivity contribution in [3.05, 3.63) is 28.7 Å². The second-order valence-corrected chi connectivity index (χ2v) is 7.04. The van der Waals surface area contributed by atoms with Gasteiger partial charge in [0.2, 0.25) is 0 Å². The number of thioether (sulfide) groups is 1. The highest BCUT2D eigenvalue weighted by Gasteiger charge is 2.36. The Morgan fingerprint density at radius 1 is 1.14 bits per heavy atom. The molecule has 2 amide bonds. The van der Waals surface area contributed by atoms with Crippen LogP contribution in [0.1, 0.15) is 39.7 Å². The number of amides is 2. The van der Waals surface area contributed by atoms with Crippen LogP contribution in [-0.4, -0.2) is 47.9 Å². The van der Waals surface area contributed by atoms with E-state index >= 15 is 0 Å². The first kappa shape index (κ1) is 21.8. The third-order valence-corrected chi connectivity index (χ3v) is 4.84. The Morgan fingerprint density at radius 2 is 1.82 bits per heavy atom. The number of benzene rings is 1. The molecule has 0 aromatic heterocycles. The topological polar surface area (TPSA) is 82.1 Å². The van der Waals surface area contributed by atoms with Gasteiger partial charge in [0.15, 0.2) is 11.5 Å². The predicted octanol–water partition coefficient (Wildman–Crippen LogP) is 3.86. The molecule has 1 aromatic carbocycles. The second-order valence-electron chi connectivity index (χ2n) is 6.05. The van der Waals surface area contributed by atoms with Gasteiger partial charge in [-0.15, -0.1) is 0 Å². The lowest BCUT2D eigenvalue weighted by Gasteiger charge is -2.14. The molecule has 2 rings (SSSR count). The summed E-state index contributed by atoms with van der Waals surface area (Å²) in [5, 5.41) is -0.492. The van der Waals surface area contributed by atoms with Crippen LogP contribution in [0.5, 0.6) is 11.5 Å². The van der Waals surface area contributed by atoms with Gasteiger partial charge in [-0.3, -0.25) is 19.3 Å². The summed E-state index contributed by atoms with van der Waals surface area (Å²) in [5.41, 5.74) is 0.694. The molecule has 152 valence electrons. The molecule has 0 saturated carbocycles. The summed E-state index contributed by atoms with van der Waals surface area (Å²) in [6.45, 7) is 7.98. The van der Waals surface area contributed by atoms with Crippen LogP contribution in [0.3, 0.4) is 0 Å². The first-order chi connectivity index (χ1) is 13.4. The van der Waals surface area contributed by atoms with Gasteiger partial charge in [-0.25, -0.2) is 0 Å². The Labute approximate surface area is 169 Å². The van der Waals surface area contributed by atoms with E-state index in [1.165, 1.54) is 0 Å². The van der Waals surface area contributed by atoms with Crippen LogP contribution in [0.2, 0.25) is 0 Å². The van der Waals surface area contributed by atoms with Crippen molar-refractivity contribution >= 4 is 35.0 Å². The molecule has 1 heterocycles. The molecule has 0 spiro atoms. The lowest BCUT2D eigenvalue weighted by atomic mass is 10.2. The maximum absolute atomic E-state index is 12.5. The van der Waals surface area contributed by atoms with Crippen molar-refractivity contribution in [2.45, 2.75) is 40.2 Å². The molecule has 1 fully saturated rings. The first-order valence-electron chi connectivity index (χ1n) is 9.24. The van der Waals surface area contributed by atoms with Crippen molar-refractivity contribution in [1.29, 1.82) is 0 Å². The molecule has 1 atom stereocenters. The van der Waals surface area contributed by atoms with Crippen LogP contribution in [0.25, 0.3) is 6.08 Å². The van der Waals surface area contributed by atoms with Gasteiger partial charge in [-0.2, -0.15) is 0 Å². The molecule has 1 aliphatic rings. The molecule has 0 unspecified atom stereocenters. The van der Waals surface area contributed by atoms with Crippen LogP contribution in [0, 0.1) is 0 Å². The lowest BCUT2D eigenvalue weighted by Crippen LogP contribution is -2.35. The van der Waals surface area contributed by atoms with E-state index in [2.05, 4.69) is 0 Å². The zero-order chi connectivity index (χ0) is 20.7. The number of imide groups is 1. The summed E-state index contributed by atoms with van der Waals surface area (Å²) in [6.07, 6.45) is 2.00. The van der Waals surface area contributed by atoms with Gasteiger partial charge in [0.25, 0.3) is 11.1 Å². The SMILES string of the molecule is CCOc1ccc(/C=C2/SC(=O)N(CC(=O)O[C@H](C)CC)C2=O)cc1OCC. The number of carbonyl (C=O) groups excluding carboxylic acids is 3. The van der Waals surface area contributed by atoms with Crippen LogP contribution < -0.4 is 9.47 Å². The molecule has 1 aromatic rings. The maximum atomic E-state index is 12.5. The van der Waals surface area contributed by atoms with Gasteiger partial charge in [0.1, 0.15) is 6.54 Å². The third kappa shape index (κ3) is 5.51. The number of carbonyl (C=O) groups is 3. The van der Waals surface area contributed by atoms with E-state index < -0.39 is 17.1 Å². The highest BCUT2D eigenvalue weighted by Crippen LogP contribution is 2.34. The van der Waals surface area contributed by atoms with Crippen molar-refractivity contribution in [3.8, 4) is 11.5 Å². The fraction of sp³-hybridized carbons (Fsp3) is 0.450. The lowest BCUT2D eigenvalue weighted by molar-refractivity contribution is -0.150. The minimum atomic E-state index is -0.599. The summed E-state index contributed by atoms with van der Waals surface area (Å²) < 4.78 is 16.2. The monoisotopic (exact) mass is 407 g/mol. The van der Waals surface area contributed by atoms with Crippen LogP contribution in [0.4, 0.5) is 4.79 Å². The molecule has 28 heavy (non-hydrogen) atoms. The normalized spacial score (nSPS) is 16.4. The molecular weight excluding hydrogens is 382 g/mol. The fourth-order valence-corrected chi connectivity index (χ4v) is 3.26. The summed E-state index contributed by atoms with van der Waals surface area (Å²) in [7, 11) is 0. The van der Waals surface area contributed by atoms with E-state index in [0.717, 1.165) is 16.7 Å². The minimum Gasteiger partial charge on any atom is -0.490 e. The van der Waals surface area contributed by atoms with E-state index in [-0.39, 0.29) is 17.6 Å². The minimum absolute atomic E-state index is 0.243. The van der Waals surface area contributed by atoms with Crippen LogP contribution in [-0.2, 0) is 14.3 Å². The molecule has 7 nitrogen and oxygen atoms in total. The van der Waals surface area contributed by atoms with Crippen molar-refractivity contribution < 1.29 is 28.6 Å². The predicted molar refractivity (Wildman–Crippen MR) is 107 cm³/mol. The standard InChI is InChI=1S/C20H25NO6S/c1-5-13(4)27-18(22)12-21-19(23)17(28-20(21)24)11-14-8-9-15(25-6-2)16(10-14)26-7-3/h8-11,13H,5-7,12H2,1-4H3/b17-11+/t13-/m1/s1. The average molecular weight is 407 g/mol. The Balaban J connectivity index is 2.16. The number of nitrogens with zero attached hydrogens (tertiary/aromatic N) is 1. The van der Waals surface area contributed by atoms with Gasteiger partial charge in [-0.05, 0) is 62.7 Å². The Hall–Kier alpha value is -2.48. The average Bonchev–Trinajstić information content (AvgIpc) is 2.91. The highest BCUT2D eigenvalue weighted by molar-refractivity contribution is 8.18. The molecule has 0 bridgehead atoms. The molecule has 1 saturated heterocycles. The zero-order valence-electron chi connectivity index (χ0n) is 16.5. The van der Waals surface area contributed by atoms with Crippen molar-refractivity contribution in [2.24, 2.45) is 0 Å². The quantitative estimate of drug-likeness (QED) is 0.454. The number of ether oxygens (including phenoxy) is 3. The van der Waals surface area contributed by atoms with Gasteiger partial charge in [0, 0.05) is 0 Å². The second kappa shape index (κ2) is 10.2. The smallest absolute Gasteiger partial charge is 0.326 e. The first-order valence-corrected chi connectivity index (χ1v) is 10.1. The van der Waals surface area contributed by atoms with Crippen molar-refractivity contribution in [3.63, 3.8) is 0 Å². The number of hydrogen-bond acceptors (Lipinski definition) is 7. The van der Waals surface area contributed by atoms with Crippen molar-refractivity contribution in [1.82, 2.24) is 4.90 Å². The fourth-order valence-electron chi connectivity index (χ4n) is 2.42. The number of hydrogen-bond donors (Lipinski definition) is 0. The molecule has 1 aliphatic heterocycles. The Bertz CT molecular complexity index is 776. The molecule has 8 heteroatoms. The molecular formula is C20H25NO6S. The van der Waals surface area contributed by atoms with E-state index in [0.29, 0.717) is 36.7 Å². The third-order valence-electron chi connectivity index (χ3n) is 3.93. The summed E-state index contributed by atoms with van der Waals surface area (Å²) in [5.74, 6) is 0.0670. The summed E-state index contributed by atoms with van der Waals surface area (Å²) in [4.78, 5) is 37.8. The highest BCUT2D eigenvalue weighted by atomic mass is 32.2. The molecule has 0 radical (unpaired) electrons. The largest absolute Gasteiger partial charge is 0.490 e. The van der Waals surface area contributed by atoms with Crippen molar-refractivity contribution in [2.75, 3.05) is 19.8 Å².